The molecular formula is C34H47N. The smallest absolute Gasteiger partial charge is 0.0463 e. The molecule has 0 radical (unpaired) electrons. The van der Waals surface area contributed by atoms with Crippen molar-refractivity contribution in [1.82, 2.24) is 0 Å². The summed E-state index contributed by atoms with van der Waals surface area (Å²) in [4.78, 5) is 0. The van der Waals surface area contributed by atoms with Crippen LogP contribution in [0.4, 0.5) is 11.4 Å². The maximum atomic E-state index is 3.71. The van der Waals surface area contributed by atoms with Crippen LogP contribution < -0.4 is 5.32 Å². The number of nitrogens with one attached hydrogen (secondary N) is 1. The molecule has 3 rings (SSSR count). The van der Waals surface area contributed by atoms with Gasteiger partial charge in [-0.2, -0.15) is 0 Å². The topological polar surface area (TPSA) is 12.0 Å². The molecule has 3 aromatic carbocycles. The van der Waals surface area contributed by atoms with Crippen molar-refractivity contribution < 1.29 is 0 Å². The number of hydrogen-bond acceptors (Lipinski definition) is 1. The normalized spacial score (nSPS) is 11.5. The molecule has 0 aliphatic heterocycles. The average Bonchev–Trinajstić information content (AvgIpc) is 2.89. The second kappa shape index (κ2) is 17.0. The van der Waals surface area contributed by atoms with Crippen LogP contribution in [0.5, 0.6) is 0 Å². The van der Waals surface area contributed by atoms with E-state index in [0.717, 1.165) is 6.42 Å². The predicted molar refractivity (Wildman–Crippen MR) is 157 cm³/mol. The van der Waals surface area contributed by atoms with Crippen LogP contribution in [0, 0.1) is 0 Å². The molecule has 3 aromatic rings. The first-order valence-electron chi connectivity index (χ1n) is 14.4. The number of allylic oxidation sites excluding steroid dienone is 2. The number of fused-ring (bicyclic) bond motifs is 1. The van der Waals surface area contributed by atoms with Crippen molar-refractivity contribution in [2.24, 2.45) is 0 Å². The zero-order chi connectivity index (χ0) is 24.4. The Morgan fingerprint density at radius 1 is 0.543 bits per heavy atom. The van der Waals surface area contributed by atoms with E-state index in [1.807, 2.05) is 0 Å². The van der Waals surface area contributed by atoms with Crippen LogP contribution in [0.15, 0.2) is 78.9 Å². The number of rotatable bonds is 18. The van der Waals surface area contributed by atoms with Crippen molar-refractivity contribution in [3.63, 3.8) is 0 Å². The first-order chi connectivity index (χ1) is 17.4. The quantitative estimate of drug-likeness (QED) is 0.144. The second-order valence-electron chi connectivity index (χ2n) is 10.00. The van der Waals surface area contributed by atoms with Gasteiger partial charge in [-0.25, -0.2) is 0 Å². The van der Waals surface area contributed by atoms with Gasteiger partial charge in [-0.05, 0) is 61.6 Å². The summed E-state index contributed by atoms with van der Waals surface area (Å²) in [6.45, 7) is 2.29. The Bertz CT molecular complexity index is 981. The van der Waals surface area contributed by atoms with Crippen LogP contribution in [0.2, 0.25) is 0 Å². The molecule has 0 unspecified atom stereocenters. The van der Waals surface area contributed by atoms with Crippen LogP contribution in [0.3, 0.4) is 0 Å². The number of unbranched alkanes of at least 4 members (excludes halogenated alkanes) is 12. The molecule has 0 aromatic heterocycles. The van der Waals surface area contributed by atoms with Crippen molar-refractivity contribution in [2.45, 2.75) is 103 Å². The first kappa shape index (κ1) is 27.1. The van der Waals surface area contributed by atoms with Crippen molar-refractivity contribution in [1.29, 1.82) is 0 Å². The van der Waals surface area contributed by atoms with Gasteiger partial charge in [0.2, 0.25) is 0 Å². The number of aryl methyl sites for hydroxylation is 1. The van der Waals surface area contributed by atoms with E-state index in [0.29, 0.717) is 0 Å². The first-order valence-corrected chi connectivity index (χ1v) is 14.4. The molecule has 0 aliphatic carbocycles. The molecular weight excluding hydrogens is 422 g/mol. The van der Waals surface area contributed by atoms with E-state index >= 15 is 0 Å². The average molecular weight is 470 g/mol. The van der Waals surface area contributed by atoms with Crippen LogP contribution >= 0.6 is 0 Å². The van der Waals surface area contributed by atoms with E-state index in [1.54, 1.807) is 0 Å². The fourth-order valence-corrected chi connectivity index (χ4v) is 4.90. The molecule has 1 N–H and O–H groups in total. The number of hydrogen-bond donors (Lipinski definition) is 1. The summed E-state index contributed by atoms with van der Waals surface area (Å²) in [5, 5.41) is 6.27. The maximum absolute atomic E-state index is 3.71. The van der Waals surface area contributed by atoms with Gasteiger partial charge in [0.25, 0.3) is 0 Å². The fraction of sp³-hybridized carbons (Fsp3) is 0.471. The van der Waals surface area contributed by atoms with Gasteiger partial charge < -0.3 is 5.32 Å². The van der Waals surface area contributed by atoms with Gasteiger partial charge in [0, 0.05) is 16.8 Å². The van der Waals surface area contributed by atoms with Crippen LogP contribution in [-0.2, 0) is 6.42 Å². The minimum Gasteiger partial charge on any atom is -0.355 e. The van der Waals surface area contributed by atoms with Gasteiger partial charge in [0.15, 0.2) is 0 Å². The van der Waals surface area contributed by atoms with Crippen LogP contribution in [-0.4, -0.2) is 0 Å². The summed E-state index contributed by atoms with van der Waals surface area (Å²) in [5.41, 5.74) is 3.86. The molecule has 0 spiro atoms. The molecule has 1 nitrogen and oxygen atoms in total. The molecule has 0 saturated carbocycles. The molecule has 0 bridgehead atoms. The van der Waals surface area contributed by atoms with Crippen molar-refractivity contribution >= 4 is 22.1 Å². The minimum atomic E-state index is 1.15. The summed E-state index contributed by atoms with van der Waals surface area (Å²) in [6.07, 6.45) is 25.0. The third-order valence-corrected chi connectivity index (χ3v) is 7.03. The van der Waals surface area contributed by atoms with Gasteiger partial charge in [-0.1, -0.05) is 131 Å². The second-order valence-corrected chi connectivity index (χ2v) is 10.00. The Morgan fingerprint density at radius 3 is 1.89 bits per heavy atom. The lowest BCUT2D eigenvalue weighted by Gasteiger charge is -2.14. The standard InChI is InChI=1S/C34H47N/c1-2-3-4-5-6-7-8-9-10-11-12-13-14-15-16-17-24-31-25-19-21-28-33(31)35-34-29-22-26-30-23-18-20-27-32(30)34/h9-10,18-23,25-29,35H,2-8,11-17,24H2,1H3/b10-9-. The van der Waals surface area contributed by atoms with Crippen LogP contribution in [0.25, 0.3) is 10.8 Å². The number of anilines is 2. The molecule has 0 aliphatic rings. The summed E-state index contributed by atoms with van der Waals surface area (Å²) in [6, 6.07) is 23.9. The zero-order valence-electron chi connectivity index (χ0n) is 22.1. The number of para-hydroxylation sites is 1. The largest absolute Gasteiger partial charge is 0.355 e. The molecule has 1 heteroatoms. The molecule has 188 valence electrons. The van der Waals surface area contributed by atoms with Gasteiger partial charge in [0.05, 0.1) is 0 Å². The van der Waals surface area contributed by atoms with Gasteiger partial charge >= 0.3 is 0 Å². The lowest BCUT2D eigenvalue weighted by atomic mass is 10.0. The van der Waals surface area contributed by atoms with Crippen molar-refractivity contribution in [2.75, 3.05) is 5.32 Å². The Labute approximate surface area is 215 Å². The number of benzene rings is 3. The van der Waals surface area contributed by atoms with Crippen molar-refractivity contribution in [3.05, 3.63) is 84.4 Å². The Hall–Kier alpha value is -2.54. The highest BCUT2D eigenvalue weighted by atomic mass is 14.9. The third-order valence-electron chi connectivity index (χ3n) is 7.03. The summed E-state index contributed by atoms with van der Waals surface area (Å²) >= 11 is 0. The Morgan fingerprint density at radius 2 is 1.11 bits per heavy atom. The van der Waals surface area contributed by atoms with E-state index in [9.17, 15) is 0 Å². The summed E-state index contributed by atoms with van der Waals surface area (Å²) in [5.74, 6) is 0. The van der Waals surface area contributed by atoms with E-state index in [2.05, 4.69) is 91.1 Å². The highest BCUT2D eigenvalue weighted by molar-refractivity contribution is 5.95. The van der Waals surface area contributed by atoms with E-state index in [-0.39, 0.29) is 0 Å². The molecule has 0 heterocycles. The van der Waals surface area contributed by atoms with Crippen LogP contribution in [0.1, 0.15) is 102 Å². The Kier molecular flexibility index (Phi) is 13.1. The van der Waals surface area contributed by atoms with Gasteiger partial charge in [-0.15, -0.1) is 0 Å². The minimum absolute atomic E-state index is 1.15. The summed E-state index contributed by atoms with van der Waals surface area (Å²) < 4.78 is 0. The predicted octanol–water partition coefficient (Wildman–Crippen LogP) is 11.2. The third kappa shape index (κ3) is 10.3. The lowest BCUT2D eigenvalue weighted by molar-refractivity contribution is 0.596. The maximum Gasteiger partial charge on any atom is 0.0463 e. The monoisotopic (exact) mass is 469 g/mol. The Balaban J connectivity index is 1.27. The highest BCUT2D eigenvalue weighted by Crippen LogP contribution is 2.28. The van der Waals surface area contributed by atoms with E-state index < -0.39 is 0 Å². The molecule has 0 fully saturated rings. The van der Waals surface area contributed by atoms with Crippen molar-refractivity contribution in [3.8, 4) is 0 Å². The van der Waals surface area contributed by atoms with E-state index in [1.165, 1.54) is 118 Å². The highest BCUT2D eigenvalue weighted by Gasteiger charge is 2.05. The van der Waals surface area contributed by atoms with Gasteiger partial charge in [0.1, 0.15) is 0 Å². The SMILES string of the molecule is CCCCCCCC/C=C\CCCCCCCCc1ccccc1Nc1cccc2ccccc12. The summed E-state index contributed by atoms with van der Waals surface area (Å²) in [7, 11) is 0. The molecule has 0 amide bonds. The lowest BCUT2D eigenvalue weighted by Crippen LogP contribution is -1.97. The zero-order valence-corrected chi connectivity index (χ0v) is 22.1. The van der Waals surface area contributed by atoms with Gasteiger partial charge in [-0.3, -0.25) is 0 Å². The molecule has 0 saturated heterocycles. The van der Waals surface area contributed by atoms with E-state index in [4.69, 9.17) is 0 Å². The fourth-order valence-electron chi connectivity index (χ4n) is 4.90. The molecule has 35 heavy (non-hydrogen) atoms. The molecule has 0 atom stereocenters.